The summed E-state index contributed by atoms with van der Waals surface area (Å²) in [6.45, 7) is 8.92. The summed E-state index contributed by atoms with van der Waals surface area (Å²) < 4.78 is 25.5. The van der Waals surface area contributed by atoms with Crippen molar-refractivity contribution in [1.29, 1.82) is 0 Å². The van der Waals surface area contributed by atoms with Crippen LogP contribution < -0.4 is 4.52 Å². The first-order valence-electron chi connectivity index (χ1n) is 12.5. The van der Waals surface area contributed by atoms with Crippen LogP contribution in [0.2, 0.25) is 0 Å². The summed E-state index contributed by atoms with van der Waals surface area (Å²) in [6, 6.07) is 25.1. The van der Waals surface area contributed by atoms with Crippen molar-refractivity contribution in [2.75, 3.05) is 6.61 Å². The van der Waals surface area contributed by atoms with Crippen molar-refractivity contribution in [1.82, 2.24) is 0 Å². The molecule has 0 bridgehead atoms. The lowest BCUT2D eigenvalue weighted by molar-refractivity contribution is 0.186. The van der Waals surface area contributed by atoms with Gasteiger partial charge in [0.2, 0.25) is 5.90 Å². The van der Waals surface area contributed by atoms with E-state index >= 15 is 0 Å². The van der Waals surface area contributed by atoms with Gasteiger partial charge < -0.3 is 13.1 Å². The highest BCUT2D eigenvalue weighted by Crippen LogP contribution is 2.41. The molecule has 0 N–H and O–H groups in total. The van der Waals surface area contributed by atoms with Gasteiger partial charge in [-0.25, -0.2) is 4.99 Å². The van der Waals surface area contributed by atoms with E-state index in [4.69, 9.17) is 22.6 Å². The minimum atomic E-state index is -1.78. The van der Waals surface area contributed by atoms with E-state index in [-0.39, 0.29) is 6.04 Å². The minimum absolute atomic E-state index is 0.158. The molecule has 0 saturated heterocycles. The molecule has 5 nitrogen and oxygen atoms in total. The molecular formula is C30H30NO4P. The van der Waals surface area contributed by atoms with Crippen molar-refractivity contribution in [3.63, 3.8) is 0 Å². The molecule has 1 aliphatic heterocycles. The zero-order valence-corrected chi connectivity index (χ0v) is 21.9. The lowest BCUT2D eigenvalue weighted by Crippen LogP contribution is -2.37. The summed E-state index contributed by atoms with van der Waals surface area (Å²) in [5, 5.41) is 6.59. The highest BCUT2D eigenvalue weighted by atomic mass is 31.1. The van der Waals surface area contributed by atoms with Crippen LogP contribution in [0.15, 0.2) is 86.2 Å². The third-order valence-electron chi connectivity index (χ3n) is 6.65. The zero-order valence-electron chi connectivity index (χ0n) is 21.0. The maximum atomic E-state index is 6.50. The van der Waals surface area contributed by atoms with Gasteiger partial charge >= 0.3 is 8.24 Å². The Morgan fingerprint density at radius 1 is 0.861 bits per heavy atom. The van der Waals surface area contributed by atoms with E-state index in [2.05, 4.69) is 74.5 Å². The largest absolute Gasteiger partial charge is 0.477 e. The smallest absolute Gasteiger partial charge is 0.388 e. The fraction of sp³-hybridized carbons (Fsp3) is 0.300. The summed E-state index contributed by atoms with van der Waals surface area (Å²) in [5.74, 6) is 1.16. The Kier molecular flexibility index (Phi) is 5.78. The molecular weight excluding hydrogens is 469 g/mol. The Bertz CT molecular complexity index is 1570. The van der Waals surface area contributed by atoms with Crippen molar-refractivity contribution in [2.24, 2.45) is 10.9 Å². The second-order valence-corrected chi connectivity index (χ2v) is 11.4. The summed E-state index contributed by atoms with van der Waals surface area (Å²) >= 11 is 0. The van der Waals surface area contributed by atoms with Crippen molar-refractivity contribution >= 4 is 57.6 Å². The predicted octanol–water partition coefficient (Wildman–Crippen LogP) is 8.65. The van der Waals surface area contributed by atoms with Gasteiger partial charge in [-0.05, 0) is 59.9 Å². The molecule has 5 aromatic rings. The lowest BCUT2D eigenvalue weighted by Gasteiger charge is -2.21. The topological polar surface area (TPSA) is 57.1 Å². The molecule has 6 heteroatoms. The van der Waals surface area contributed by atoms with Crippen LogP contribution in [0.1, 0.15) is 34.1 Å². The third-order valence-corrected chi connectivity index (χ3v) is 7.95. The van der Waals surface area contributed by atoms with Gasteiger partial charge in [0.25, 0.3) is 0 Å². The summed E-state index contributed by atoms with van der Waals surface area (Å²) in [6.07, 6.45) is 0.988. The maximum Gasteiger partial charge on any atom is 0.388 e. The van der Waals surface area contributed by atoms with E-state index in [1.165, 1.54) is 0 Å². The van der Waals surface area contributed by atoms with Crippen LogP contribution in [0.5, 0.6) is 0 Å². The van der Waals surface area contributed by atoms with Crippen LogP contribution in [-0.4, -0.2) is 24.1 Å². The highest BCUT2D eigenvalue weighted by molar-refractivity contribution is 7.32. The van der Waals surface area contributed by atoms with Crippen molar-refractivity contribution < 1.29 is 17.7 Å². The zero-order chi connectivity index (χ0) is 24.9. The second kappa shape index (κ2) is 8.99. The van der Waals surface area contributed by atoms with Gasteiger partial charge in [0.15, 0.2) is 5.60 Å². The molecule has 2 heterocycles. The van der Waals surface area contributed by atoms with Gasteiger partial charge in [-0.3, -0.25) is 4.52 Å². The van der Waals surface area contributed by atoms with Crippen LogP contribution in [0, 0.1) is 5.92 Å². The molecule has 1 aromatic heterocycles. The number of benzene rings is 4. The van der Waals surface area contributed by atoms with Crippen LogP contribution in [0.3, 0.4) is 0 Å². The number of nitrogens with zero attached hydrogens (tertiary/aromatic N) is 1. The Balaban J connectivity index is 1.57. The van der Waals surface area contributed by atoms with Crippen LogP contribution in [0.25, 0.3) is 43.5 Å². The van der Waals surface area contributed by atoms with Crippen molar-refractivity contribution in [2.45, 2.75) is 45.8 Å². The predicted molar refractivity (Wildman–Crippen MR) is 149 cm³/mol. The molecule has 0 radical (unpaired) electrons. The maximum absolute atomic E-state index is 6.50. The fourth-order valence-electron chi connectivity index (χ4n) is 5.02. The van der Waals surface area contributed by atoms with Gasteiger partial charge in [-0.2, -0.15) is 0 Å². The number of hydrogen-bond donors (Lipinski definition) is 0. The molecule has 1 atom stereocenters. The van der Waals surface area contributed by atoms with Gasteiger partial charge in [-0.1, -0.05) is 74.5 Å². The van der Waals surface area contributed by atoms with Gasteiger partial charge in [-0.15, -0.1) is 0 Å². The first kappa shape index (κ1) is 23.1. The standard InChI is InChI=1S/C30H30NO4P/c1-19(2)17-22-18-32-29(31-22)30(3,4)35-36-33-25-15-13-20-9-5-7-11-23(20)27(25)28-24-12-8-6-10-21(24)14-16-26(28)34-36/h5-16,19,22H,17-18H2,1-4H3/t22-/m1/s1. The Labute approximate surface area is 211 Å². The van der Waals surface area contributed by atoms with E-state index < -0.39 is 13.8 Å². The Hall–Kier alpha value is -3.27. The van der Waals surface area contributed by atoms with E-state index in [0.717, 1.165) is 49.9 Å². The molecule has 0 aliphatic carbocycles. The average molecular weight is 500 g/mol. The molecule has 36 heavy (non-hydrogen) atoms. The van der Waals surface area contributed by atoms with E-state index in [9.17, 15) is 0 Å². The van der Waals surface area contributed by atoms with Crippen LogP contribution in [0.4, 0.5) is 0 Å². The van der Waals surface area contributed by atoms with Crippen molar-refractivity contribution in [3.05, 3.63) is 72.8 Å². The first-order valence-corrected chi connectivity index (χ1v) is 13.6. The van der Waals surface area contributed by atoms with Crippen molar-refractivity contribution in [3.8, 4) is 0 Å². The Morgan fingerprint density at radius 3 is 1.97 bits per heavy atom. The minimum Gasteiger partial charge on any atom is -0.477 e. The Morgan fingerprint density at radius 2 is 1.42 bits per heavy atom. The van der Waals surface area contributed by atoms with Gasteiger partial charge in [0.1, 0.15) is 17.8 Å². The second-order valence-electron chi connectivity index (χ2n) is 10.4. The molecule has 4 aromatic carbocycles. The summed E-state index contributed by atoms with van der Waals surface area (Å²) in [7, 11) is -1.78. The lowest BCUT2D eigenvalue weighted by atomic mass is 9.99. The highest BCUT2D eigenvalue weighted by Gasteiger charge is 2.36. The number of aliphatic imine (C=N–C) groups is 1. The van der Waals surface area contributed by atoms with Crippen LogP contribution >= 0.6 is 8.24 Å². The number of fused-ring (bicyclic) bond motifs is 7. The van der Waals surface area contributed by atoms with E-state index in [1.807, 2.05) is 26.0 Å². The molecule has 0 unspecified atom stereocenters. The number of hydrogen-bond acceptors (Lipinski definition) is 5. The first-order chi connectivity index (χ1) is 17.4. The SMILES string of the molecule is CC(C)C[C@@H]1COC(C(C)(C)Op2oc3ccc4ccccc4c3c3c(ccc4ccccc43)o2)=N1. The van der Waals surface area contributed by atoms with Crippen LogP contribution in [-0.2, 0) is 4.74 Å². The number of rotatable bonds is 5. The molecule has 0 fully saturated rings. The summed E-state index contributed by atoms with van der Waals surface area (Å²) in [5.41, 5.74) is 0.700. The quantitative estimate of drug-likeness (QED) is 0.243. The molecule has 184 valence electrons. The number of ether oxygens (including phenoxy) is 1. The normalized spacial score (nSPS) is 16.2. The fourth-order valence-corrected chi connectivity index (χ4v) is 6.21. The van der Waals surface area contributed by atoms with Gasteiger partial charge in [0.05, 0.1) is 6.04 Å². The van der Waals surface area contributed by atoms with Gasteiger partial charge in [0, 0.05) is 10.8 Å². The molecule has 0 amide bonds. The summed E-state index contributed by atoms with van der Waals surface area (Å²) in [4.78, 5) is 4.83. The molecule has 0 saturated carbocycles. The monoisotopic (exact) mass is 499 g/mol. The molecule has 1 aliphatic rings. The van der Waals surface area contributed by atoms with E-state index in [1.54, 1.807) is 0 Å². The van der Waals surface area contributed by atoms with E-state index in [0.29, 0.717) is 18.4 Å². The average Bonchev–Trinajstić information content (AvgIpc) is 3.26. The molecule has 6 rings (SSSR count). The third kappa shape index (κ3) is 4.17. The molecule has 0 spiro atoms.